The van der Waals surface area contributed by atoms with E-state index in [0.29, 0.717) is 13.0 Å². The summed E-state index contributed by atoms with van der Waals surface area (Å²) in [7, 11) is 0. The predicted molar refractivity (Wildman–Crippen MR) is 91.6 cm³/mol. The van der Waals surface area contributed by atoms with Crippen LogP contribution in [0.1, 0.15) is 36.0 Å². The number of hydrogen-bond donors (Lipinski definition) is 1. The molecule has 0 saturated carbocycles. The Morgan fingerprint density at radius 3 is 2.44 bits per heavy atom. The van der Waals surface area contributed by atoms with E-state index < -0.39 is 12.0 Å². The highest BCUT2D eigenvalue weighted by molar-refractivity contribution is 5.85. The molecule has 2 atom stereocenters. The molecule has 0 bridgehead atoms. The predicted octanol–water partition coefficient (Wildman–Crippen LogP) is 3.36. The van der Waals surface area contributed by atoms with Crippen LogP contribution in [-0.2, 0) is 22.6 Å². The minimum Gasteiger partial charge on any atom is -0.480 e. The van der Waals surface area contributed by atoms with Gasteiger partial charge in [-0.15, -0.1) is 0 Å². The van der Waals surface area contributed by atoms with Crippen LogP contribution in [0.2, 0.25) is 0 Å². The Morgan fingerprint density at radius 1 is 1.16 bits per heavy atom. The van der Waals surface area contributed by atoms with Crippen molar-refractivity contribution >= 4 is 11.9 Å². The second-order valence-electron chi connectivity index (χ2n) is 6.51. The molecule has 2 aromatic carbocycles. The molecule has 25 heavy (non-hydrogen) atoms. The first-order valence-electron chi connectivity index (χ1n) is 8.30. The molecule has 1 heterocycles. The van der Waals surface area contributed by atoms with Crippen LogP contribution >= 0.6 is 0 Å². The zero-order valence-corrected chi connectivity index (χ0v) is 14.0. The number of rotatable bonds is 4. The zero-order chi connectivity index (χ0) is 18.0. The van der Waals surface area contributed by atoms with Crippen LogP contribution in [0.4, 0.5) is 4.39 Å². The minimum atomic E-state index is -0.989. The molecule has 1 N–H and O–H groups in total. The molecule has 4 nitrogen and oxygen atoms in total. The Morgan fingerprint density at radius 2 is 1.80 bits per heavy atom. The fourth-order valence-electron chi connectivity index (χ4n) is 3.29. The van der Waals surface area contributed by atoms with Crippen molar-refractivity contribution in [1.82, 2.24) is 4.90 Å². The Labute approximate surface area is 145 Å². The monoisotopic (exact) mass is 341 g/mol. The van der Waals surface area contributed by atoms with Gasteiger partial charge in [-0.05, 0) is 34.7 Å². The molecule has 0 radical (unpaired) electrons. The normalized spacial score (nSPS) is 17.7. The maximum absolute atomic E-state index is 13.0. The molecular formula is C20H20FNO3. The highest BCUT2D eigenvalue weighted by Gasteiger charge is 2.34. The van der Waals surface area contributed by atoms with E-state index in [2.05, 4.69) is 0 Å². The van der Waals surface area contributed by atoms with E-state index in [1.54, 1.807) is 12.1 Å². The maximum atomic E-state index is 13.0. The van der Waals surface area contributed by atoms with E-state index in [1.807, 2.05) is 31.2 Å². The summed E-state index contributed by atoms with van der Waals surface area (Å²) in [4.78, 5) is 25.8. The number of nitrogens with zero attached hydrogens (tertiary/aromatic N) is 1. The van der Waals surface area contributed by atoms with Crippen LogP contribution in [0.25, 0.3) is 0 Å². The van der Waals surface area contributed by atoms with Crippen molar-refractivity contribution in [3.05, 3.63) is 71.0 Å². The molecule has 130 valence electrons. The third-order valence-corrected chi connectivity index (χ3v) is 4.77. The lowest BCUT2D eigenvalue weighted by atomic mass is 9.92. The Balaban J connectivity index is 1.77. The quantitative estimate of drug-likeness (QED) is 0.928. The maximum Gasteiger partial charge on any atom is 0.326 e. The lowest BCUT2D eigenvalue weighted by molar-refractivity contribution is -0.151. The van der Waals surface area contributed by atoms with Crippen LogP contribution in [0.15, 0.2) is 48.5 Å². The third-order valence-electron chi connectivity index (χ3n) is 4.77. The van der Waals surface area contributed by atoms with Gasteiger partial charge in [0.2, 0.25) is 5.91 Å². The van der Waals surface area contributed by atoms with E-state index >= 15 is 0 Å². The molecule has 0 saturated heterocycles. The molecule has 0 spiro atoms. The van der Waals surface area contributed by atoms with Gasteiger partial charge in [-0.3, -0.25) is 4.79 Å². The summed E-state index contributed by atoms with van der Waals surface area (Å²) in [6.45, 7) is 2.20. The van der Waals surface area contributed by atoms with Gasteiger partial charge in [-0.25, -0.2) is 9.18 Å². The second kappa shape index (κ2) is 7.05. The number of amides is 1. The van der Waals surface area contributed by atoms with Crippen LogP contribution in [-0.4, -0.2) is 27.9 Å². The number of aliphatic carboxylic acids is 1. The smallest absolute Gasteiger partial charge is 0.326 e. The lowest BCUT2D eigenvalue weighted by Gasteiger charge is -2.35. The largest absolute Gasteiger partial charge is 0.480 e. The van der Waals surface area contributed by atoms with Crippen molar-refractivity contribution in [2.24, 2.45) is 0 Å². The number of carboxylic acids is 1. The summed E-state index contributed by atoms with van der Waals surface area (Å²) in [5.41, 5.74) is 2.83. The first kappa shape index (κ1) is 17.1. The topological polar surface area (TPSA) is 57.6 Å². The molecule has 1 amide bonds. The van der Waals surface area contributed by atoms with Gasteiger partial charge in [0, 0.05) is 19.4 Å². The molecule has 0 fully saturated rings. The molecule has 0 aliphatic carbocycles. The van der Waals surface area contributed by atoms with Gasteiger partial charge in [0.25, 0.3) is 0 Å². The minimum absolute atomic E-state index is 0.111. The van der Waals surface area contributed by atoms with E-state index in [-0.39, 0.29) is 24.1 Å². The summed E-state index contributed by atoms with van der Waals surface area (Å²) < 4.78 is 13.0. The third kappa shape index (κ3) is 3.71. The summed E-state index contributed by atoms with van der Waals surface area (Å²) >= 11 is 0. The standard InChI is InChI=1S/C20H20FNO3/c1-13(14-6-8-17(21)9-7-14)10-19(23)22-12-16-5-3-2-4-15(16)11-18(22)20(24)25/h2-9,13,18H,10-12H2,1H3,(H,24,25). The number of halogens is 1. The van der Waals surface area contributed by atoms with Gasteiger partial charge in [0.15, 0.2) is 0 Å². The first-order valence-corrected chi connectivity index (χ1v) is 8.30. The van der Waals surface area contributed by atoms with Gasteiger partial charge in [-0.1, -0.05) is 43.3 Å². The van der Waals surface area contributed by atoms with Crippen molar-refractivity contribution in [2.75, 3.05) is 0 Å². The van der Waals surface area contributed by atoms with Gasteiger partial charge in [0.1, 0.15) is 11.9 Å². The fraction of sp³-hybridized carbons (Fsp3) is 0.300. The summed E-state index contributed by atoms with van der Waals surface area (Å²) in [5.74, 6) is -1.61. The van der Waals surface area contributed by atoms with Crippen molar-refractivity contribution in [3.8, 4) is 0 Å². The molecule has 1 aliphatic rings. The van der Waals surface area contributed by atoms with Crippen molar-refractivity contribution < 1.29 is 19.1 Å². The summed E-state index contributed by atoms with van der Waals surface area (Å²) in [5, 5.41) is 9.53. The number of benzene rings is 2. The number of carbonyl (C=O) groups excluding carboxylic acids is 1. The van der Waals surface area contributed by atoms with Crippen molar-refractivity contribution in [2.45, 2.75) is 38.3 Å². The number of carboxylic acid groups (broad SMARTS) is 1. The highest BCUT2D eigenvalue weighted by atomic mass is 19.1. The van der Waals surface area contributed by atoms with E-state index in [9.17, 15) is 19.1 Å². The van der Waals surface area contributed by atoms with Gasteiger partial charge in [0.05, 0.1) is 0 Å². The van der Waals surface area contributed by atoms with Gasteiger partial charge < -0.3 is 10.0 Å². The van der Waals surface area contributed by atoms with Crippen LogP contribution in [0, 0.1) is 5.82 Å². The lowest BCUT2D eigenvalue weighted by Crippen LogP contribution is -2.48. The molecule has 2 aromatic rings. The van der Waals surface area contributed by atoms with Crippen LogP contribution < -0.4 is 0 Å². The number of fused-ring (bicyclic) bond motifs is 1. The number of carbonyl (C=O) groups is 2. The van der Waals surface area contributed by atoms with E-state index in [4.69, 9.17) is 0 Å². The Hall–Kier alpha value is -2.69. The van der Waals surface area contributed by atoms with Crippen LogP contribution in [0.5, 0.6) is 0 Å². The van der Waals surface area contributed by atoms with E-state index in [0.717, 1.165) is 16.7 Å². The average Bonchev–Trinajstić information content (AvgIpc) is 2.61. The molecule has 2 unspecified atom stereocenters. The summed E-state index contributed by atoms with van der Waals surface area (Å²) in [6.07, 6.45) is 0.514. The van der Waals surface area contributed by atoms with Gasteiger partial charge >= 0.3 is 5.97 Å². The molecular weight excluding hydrogens is 321 g/mol. The molecule has 5 heteroatoms. The Bertz CT molecular complexity index is 788. The first-order chi connectivity index (χ1) is 12.0. The fourth-order valence-corrected chi connectivity index (χ4v) is 3.29. The van der Waals surface area contributed by atoms with Crippen molar-refractivity contribution in [3.63, 3.8) is 0 Å². The van der Waals surface area contributed by atoms with Gasteiger partial charge in [-0.2, -0.15) is 0 Å². The molecule has 0 aromatic heterocycles. The molecule has 1 aliphatic heterocycles. The van der Waals surface area contributed by atoms with Crippen molar-refractivity contribution in [1.29, 1.82) is 0 Å². The van der Waals surface area contributed by atoms with E-state index in [1.165, 1.54) is 17.0 Å². The average molecular weight is 341 g/mol. The molecule has 3 rings (SSSR count). The second-order valence-corrected chi connectivity index (χ2v) is 6.51. The zero-order valence-electron chi connectivity index (χ0n) is 14.0. The SMILES string of the molecule is CC(CC(=O)N1Cc2ccccc2CC1C(=O)O)c1ccc(F)cc1. The summed E-state index contributed by atoms with van der Waals surface area (Å²) in [6, 6.07) is 12.8. The highest BCUT2D eigenvalue weighted by Crippen LogP contribution is 2.27. The number of hydrogen-bond acceptors (Lipinski definition) is 2. The Kier molecular flexibility index (Phi) is 4.83. The van der Waals surface area contributed by atoms with Crippen LogP contribution in [0.3, 0.4) is 0 Å².